The van der Waals surface area contributed by atoms with Gasteiger partial charge in [0, 0.05) is 6.54 Å². The molecule has 0 saturated heterocycles. The van der Waals surface area contributed by atoms with Crippen molar-refractivity contribution in [2.24, 2.45) is 11.5 Å². The van der Waals surface area contributed by atoms with Crippen LogP contribution in [0.5, 0.6) is 0 Å². The molecule has 6 N–H and O–H groups in total. The highest BCUT2D eigenvalue weighted by molar-refractivity contribution is 5.73. The molecule has 0 aromatic rings. The Balaban J connectivity index is 3.79. The van der Waals surface area contributed by atoms with Crippen LogP contribution in [0.4, 0.5) is 9.59 Å². The normalized spacial score (nSPS) is 10.0. The molecule has 0 spiro atoms. The number of nitrogens with two attached hydrogens (primary N) is 2. The van der Waals surface area contributed by atoms with Gasteiger partial charge in [-0.05, 0) is 6.42 Å². The Morgan fingerprint density at radius 3 is 2.00 bits per heavy atom. The minimum absolute atomic E-state index is 0.478. The number of amides is 4. The highest BCUT2D eigenvalue weighted by Crippen LogP contribution is 1.98. The van der Waals surface area contributed by atoms with E-state index in [0.29, 0.717) is 6.54 Å². The van der Waals surface area contributed by atoms with Gasteiger partial charge in [-0.2, -0.15) is 0 Å². The second-order valence-corrected chi connectivity index (χ2v) is 3.16. The number of carbonyl (C=O) groups excluding carboxylic acids is 2. The van der Waals surface area contributed by atoms with E-state index in [1.54, 1.807) is 0 Å². The molecule has 0 aromatic carbocycles. The third-order valence-electron chi connectivity index (χ3n) is 1.73. The molecule has 0 aliphatic rings. The number of hydrogen-bond acceptors (Lipinski definition) is 3. The molecule has 0 heterocycles. The lowest BCUT2D eigenvalue weighted by atomic mass is 10.2. The van der Waals surface area contributed by atoms with Gasteiger partial charge in [0.1, 0.15) is 0 Å². The maximum Gasteiger partial charge on any atom is 0.328 e. The summed E-state index contributed by atoms with van der Waals surface area (Å²) in [6.45, 7) is 2.58. The van der Waals surface area contributed by atoms with Gasteiger partial charge in [0.05, 0.1) is 0 Å². The van der Waals surface area contributed by atoms with Crippen molar-refractivity contribution in [3.8, 4) is 0 Å². The Labute approximate surface area is 89.1 Å². The third kappa shape index (κ3) is 8.82. The van der Waals surface area contributed by atoms with Crippen molar-refractivity contribution in [2.45, 2.75) is 32.6 Å². The first-order valence-electron chi connectivity index (χ1n) is 4.96. The van der Waals surface area contributed by atoms with E-state index in [0.717, 1.165) is 25.7 Å². The van der Waals surface area contributed by atoms with Crippen molar-refractivity contribution in [3.05, 3.63) is 0 Å². The summed E-state index contributed by atoms with van der Waals surface area (Å²) in [7, 11) is 0. The first kappa shape index (κ1) is 13.5. The number of nitrogens with one attached hydrogen (secondary N) is 2. The topological polar surface area (TPSA) is 113 Å². The van der Waals surface area contributed by atoms with Crippen LogP contribution in [-0.4, -0.2) is 23.7 Å². The van der Waals surface area contributed by atoms with Gasteiger partial charge in [0.25, 0.3) is 0 Å². The Kier molecular flexibility index (Phi) is 7.08. The molecule has 7 heteroatoms. The summed E-state index contributed by atoms with van der Waals surface area (Å²) in [5.41, 5.74) is 14.3. The summed E-state index contributed by atoms with van der Waals surface area (Å²) in [5, 5.41) is 1.19. The van der Waals surface area contributed by atoms with Crippen molar-refractivity contribution in [1.82, 2.24) is 16.0 Å². The number of carbonyl (C=O) groups is 2. The van der Waals surface area contributed by atoms with Gasteiger partial charge in [-0.1, -0.05) is 26.2 Å². The zero-order valence-electron chi connectivity index (χ0n) is 8.95. The molecule has 7 nitrogen and oxygen atoms in total. The number of nitrogens with zero attached hydrogens (tertiary/aromatic N) is 1. The van der Waals surface area contributed by atoms with Gasteiger partial charge in [0.2, 0.25) is 0 Å². The number of hydrazine groups is 2. The van der Waals surface area contributed by atoms with Gasteiger partial charge < -0.3 is 11.5 Å². The molecule has 0 aromatic heterocycles. The van der Waals surface area contributed by atoms with E-state index in [-0.39, 0.29) is 0 Å². The van der Waals surface area contributed by atoms with E-state index < -0.39 is 12.1 Å². The summed E-state index contributed by atoms with van der Waals surface area (Å²) in [6.07, 6.45) is 4.09. The molecule has 0 atom stereocenters. The molecule has 0 radical (unpaired) electrons. The van der Waals surface area contributed by atoms with Crippen LogP contribution < -0.4 is 22.3 Å². The predicted molar refractivity (Wildman–Crippen MR) is 56.3 cm³/mol. The lowest BCUT2D eigenvalue weighted by Gasteiger charge is -2.21. The van der Waals surface area contributed by atoms with E-state index in [1.165, 1.54) is 5.12 Å². The van der Waals surface area contributed by atoms with Crippen LogP contribution in [0, 0.1) is 0 Å². The molecule has 0 unspecified atom stereocenters. The van der Waals surface area contributed by atoms with Gasteiger partial charge in [0.15, 0.2) is 0 Å². The van der Waals surface area contributed by atoms with Crippen LogP contribution >= 0.6 is 0 Å². The first-order valence-corrected chi connectivity index (χ1v) is 4.96. The lowest BCUT2D eigenvalue weighted by molar-refractivity contribution is 0.134. The minimum Gasteiger partial charge on any atom is -0.351 e. The molecular formula is C8H19N5O2. The molecule has 0 fully saturated rings. The van der Waals surface area contributed by atoms with E-state index in [4.69, 9.17) is 11.5 Å². The standard InChI is InChI=1S/C8H19N5O2/c1-2-3-4-5-6-13(11-7(9)14)12-8(10)15/h2-6H2,1H3,(H3,9,11,14)(H3,10,12,15). The number of rotatable bonds is 7. The van der Waals surface area contributed by atoms with Gasteiger partial charge >= 0.3 is 12.1 Å². The zero-order chi connectivity index (χ0) is 11.7. The molecule has 0 saturated carbocycles. The van der Waals surface area contributed by atoms with Gasteiger partial charge in [-0.3, -0.25) is 10.9 Å². The van der Waals surface area contributed by atoms with E-state index in [1.807, 2.05) is 0 Å². The maximum absolute atomic E-state index is 10.6. The van der Waals surface area contributed by atoms with Crippen LogP contribution in [-0.2, 0) is 0 Å². The van der Waals surface area contributed by atoms with Gasteiger partial charge in [-0.25, -0.2) is 9.59 Å². The molecule has 0 aliphatic carbocycles. The van der Waals surface area contributed by atoms with Crippen molar-refractivity contribution in [2.75, 3.05) is 6.54 Å². The summed E-state index contributed by atoms with van der Waals surface area (Å²) in [6, 6.07) is -1.47. The molecule has 15 heavy (non-hydrogen) atoms. The number of urea groups is 2. The van der Waals surface area contributed by atoms with Crippen molar-refractivity contribution in [3.63, 3.8) is 0 Å². The van der Waals surface area contributed by atoms with E-state index >= 15 is 0 Å². The number of unbranched alkanes of at least 4 members (excludes halogenated alkanes) is 3. The average molecular weight is 217 g/mol. The van der Waals surface area contributed by atoms with Crippen LogP contribution in [0.25, 0.3) is 0 Å². The number of primary amides is 2. The monoisotopic (exact) mass is 217 g/mol. The van der Waals surface area contributed by atoms with Crippen molar-refractivity contribution < 1.29 is 9.59 Å². The van der Waals surface area contributed by atoms with Crippen LogP contribution in [0.15, 0.2) is 0 Å². The SMILES string of the molecule is CCCCCCN(NC(N)=O)NC(N)=O. The Morgan fingerprint density at radius 1 is 1.07 bits per heavy atom. The fourth-order valence-corrected chi connectivity index (χ4v) is 1.10. The van der Waals surface area contributed by atoms with Crippen molar-refractivity contribution in [1.29, 1.82) is 0 Å². The highest BCUT2D eigenvalue weighted by Gasteiger charge is 2.07. The predicted octanol–water partition coefficient (Wildman–Crippen LogP) is 0.0353. The fraction of sp³-hybridized carbons (Fsp3) is 0.750. The third-order valence-corrected chi connectivity index (χ3v) is 1.73. The summed E-state index contributed by atoms with van der Waals surface area (Å²) >= 11 is 0. The summed E-state index contributed by atoms with van der Waals surface area (Å²) < 4.78 is 0. The summed E-state index contributed by atoms with van der Waals surface area (Å²) in [4.78, 5) is 21.1. The molecule has 4 amide bonds. The minimum atomic E-state index is -0.737. The largest absolute Gasteiger partial charge is 0.351 e. The molecule has 88 valence electrons. The number of hydrogen-bond donors (Lipinski definition) is 4. The first-order chi connectivity index (χ1) is 7.06. The quantitative estimate of drug-likeness (QED) is 0.356. The Bertz CT molecular complexity index is 193. The lowest BCUT2D eigenvalue weighted by Crippen LogP contribution is -2.56. The molecule has 0 rings (SSSR count). The molecular weight excluding hydrogens is 198 g/mol. The van der Waals surface area contributed by atoms with Gasteiger partial charge in [-0.15, -0.1) is 5.12 Å². The molecule has 0 bridgehead atoms. The van der Waals surface area contributed by atoms with Crippen LogP contribution in [0.2, 0.25) is 0 Å². The summed E-state index contributed by atoms with van der Waals surface area (Å²) in [5.74, 6) is 0. The van der Waals surface area contributed by atoms with Crippen molar-refractivity contribution >= 4 is 12.1 Å². The average Bonchev–Trinajstić information content (AvgIpc) is 2.10. The second kappa shape index (κ2) is 7.86. The van der Waals surface area contributed by atoms with Crippen LogP contribution in [0.1, 0.15) is 32.6 Å². The zero-order valence-corrected chi connectivity index (χ0v) is 8.95. The van der Waals surface area contributed by atoms with E-state index in [2.05, 4.69) is 17.8 Å². The Morgan fingerprint density at radius 2 is 1.60 bits per heavy atom. The second-order valence-electron chi connectivity index (χ2n) is 3.16. The maximum atomic E-state index is 10.6. The molecule has 0 aliphatic heterocycles. The fourth-order valence-electron chi connectivity index (χ4n) is 1.10. The van der Waals surface area contributed by atoms with E-state index in [9.17, 15) is 9.59 Å². The highest BCUT2D eigenvalue weighted by atomic mass is 16.2. The van der Waals surface area contributed by atoms with Crippen LogP contribution in [0.3, 0.4) is 0 Å². The smallest absolute Gasteiger partial charge is 0.328 e. The Hall–Kier alpha value is -1.50.